The molecule has 0 aliphatic carbocycles. The standard InChI is InChI=1S/C15H14N2O3/c1-17-9-3-6-13(17)15(20)16-12-5-2-4-11(10-12)7-8-14(18)19/h2-10H,1H3,(H,16,20)(H,18,19). The fourth-order valence-corrected chi connectivity index (χ4v) is 1.78. The fourth-order valence-electron chi connectivity index (χ4n) is 1.78. The highest BCUT2D eigenvalue weighted by atomic mass is 16.4. The van der Waals surface area contributed by atoms with E-state index in [2.05, 4.69) is 5.32 Å². The van der Waals surface area contributed by atoms with Gasteiger partial charge in [-0.25, -0.2) is 4.79 Å². The minimum Gasteiger partial charge on any atom is -0.478 e. The lowest BCUT2D eigenvalue weighted by Crippen LogP contribution is -2.15. The third-order valence-electron chi connectivity index (χ3n) is 2.74. The lowest BCUT2D eigenvalue weighted by molar-refractivity contribution is -0.131. The van der Waals surface area contributed by atoms with E-state index in [1.165, 1.54) is 6.08 Å². The number of anilines is 1. The molecule has 0 saturated carbocycles. The molecular weight excluding hydrogens is 256 g/mol. The molecule has 2 aromatic rings. The maximum atomic E-state index is 12.0. The largest absolute Gasteiger partial charge is 0.478 e. The number of aliphatic carboxylic acids is 1. The van der Waals surface area contributed by atoms with Crippen molar-refractivity contribution < 1.29 is 14.7 Å². The van der Waals surface area contributed by atoms with Crippen molar-refractivity contribution in [2.75, 3.05) is 5.32 Å². The predicted octanol–water partition coefficient (Wildman–Crippen LogP) is 2.38. The molecule has 0 atom stereocenters. The molecule has 0 unspecified atom stereocenters. The molecule has 0 fully saturated rings. The summed E-state index contributed by atoms with van der Waals surface area (Å²) in [6.45, 7) is 0. The van der Waals surface area contributed by atoms with Crippen molar-refractivity contribution in [1.29, 1.82) is 0 Å². The molecule has 2 N–H and O–H groups in total. The number of hydrogen-bond acceptors (Lipinski definition) is 2. The van der Waals surface area contributed by atoms with Crippen LogP contribution in [0, 0.1) is 0 Å². The van der Waals surface area contributed by atoms with E-state index in [9.17, 15) is 9.59 Å². The van der Waals surface area contributed by atoms with Gasteiger partial charge in [0.05, 0.1) is 0 Å². The summed E-state index contributed by atoms with van der Waals surface area (Å²) in [7, 11) is 1.79. The number of carbonyl (C=O) groups excluding carboxylic acids is 1. The van der Waals surface area contributed by atoms with Crippen molar-refractivity contribution >= 4 is 23.6 Å². The van der Waals surface area contributed by atoms with E-state index in [1.807, 2.05) is 0 Å². The molecule has 5 nitrogen and oxygen atoms in total. The molecule has 20 heavy (non-hydrogen) atoms. The lowest BCUT2D eigenvalue weighted by Gasteiger charge is -2.06. The molecule has 1 amide bonds. The number of benzene rings is 1. The summed E-state index contributed by atoms with van der Waals surface area (Å²) < 4.78 is 1.73. The summed E-state index contributed by atoms with van der Waals surface area (Å²) in [5, 5.41) is 11.4. The predicted molar refractivity (Wildman–Crippen MR) is 76.5 cm³/mol. The fraction of sp³-hybridized carbons (Fsp3) is 0.0667. The third-order valence-corrected chi connectivity index (χ3v) is 2.74. The number of amides is 1. The topological polar surface area (TPSA) is 71.3 Å². The highest BCUT2D eigenvalue weighted by Crippen LogP contribution is 2.13. The molecule has 0 bridgehead atoms. The van der Waals surface area contributed by atoms with E-state index in [-0.39, 0.29) is 5.91 Å². The number of carboxylic acids is 1. The molecule has 0 spiro atoms. The number of aryl methyl sites for hydroxylation is 1. The third kappa shape index (κ3) is 3.35. The van der Waals surface area contributed by atoms with Gasteiger partial charge >= 0.3 is 5.97 Å². The van der Waals surface area contributed by atoms with Crippen LogP contribution >= 0.6 is 0 Å². The molecular formula is C15H14N2O3. The summed E-state index contributed by atoms with van der Waals surface area (Å²) in [5.41, 5.74) is 1.87. The Hall–Kier alpha value is -2.82. The van der Waals surface area contributed by atoms with Gasteiger partial charge in [0.25, 0.3) is 5.91 Å². The van der Waals surface area contributed by atoms with Gasteiger partial charge in [-0.2, -0.15) is 0 Å². The van der Waals surface area contributed by atoms with Crippen LogP contribution in [0.3, 0.4) is 0 Å². The summed E-state index contributed by atoms with van der Waals surface area (Å²) in [5.74, 6) is -1.22. The van der Waals surface area contributed by atoms with Crippen molar-refractivity contribution in [1.82, 2.24) is 4.57 Å². The van der Waals surface area contributed by atoms with E-state index in [1.54, 1.807) is 54.2 Å². The number of carbonyl (C=O) groups is 2. The van der Waals surface area contributed by atoms with Crippen LogP contribution in [-0.2, 0) is 11.8 Å². The first-order valence-corrected chi connectivity index (χ1v) is 6.00. The van der Waals surface area contributed by atoms with Crippen LogP contribution in [0.25, 0.3) is 6.08 Å². The first-order chi connectivity index (χ1) is 9.56. The van der Waals surface area contributed by atoms with Gasteiger partial charge < -0.3 is 15.0 Å². The maximum Gasteiger partial charge on any atom is 0.328 e. The molecule has 0 aliphatic heterocycles. The summed E-state index contributed by atoms with van der Waals surface area (Å²) in [4.78, 5) is 22.5. The maximum absolute atomic E-state index is 12.0. The van der Waals surface area contributed by atoms with Gasteiger partial charge in [-0.1, -0.05) is 12.1 Å². The molecule has 0 radical (unpaired) electrons. The Morgan fingerprint density at radius 1 is 1.25 bits per heavy atom. The summed E-state index contributed by atoms with van der Waals surface area (Å²) >= 11 is 0. The number of aromatic nitrogens is 1. The van der Waals surface area contributed by atoms with Gasteiger partial charge in [0.15, 0.2) is 0 Å². The van der Waals surface area contributed by atoms with Gasteiger partial charge in [-0.05, 0) is 35.9 Å². The molecule has 0 saturated heterocycles. The SMILES string of the molecule is Cn1cccc1C(=O)Nc1cccc(C=CC(=O)O)c1. The van der Waals surface area contributed by atoms with Crippen LogP contribution in [-0.4, -0.2) is 21.6 Å². The second kappa shape index (κ2) is 5.88. The molecule has 0 aliphatic rings. The van der Waals surface area contributed by atoms with Crippen molar-refractivity contribution in [2.45, 2.75) is 0 Å². The first kappa shape index (κ1) is 13.6. The smallest absolute Gasteiger partial charge is 0.328 e. The van der Waals surface area contributed by atoms with Gasteiger partial charge in [0.2, 0.25) is 0 Å². The van der Waals surface area contributed by atoms with Crippen LogP contribution in [0.1, 0.15) is 16.1 Å². The second-order valence-electron chi connectivity index (χ2n) is 4.26. The van der Waals surface area contributed by atoms with Crippen molar-refractivity contribution in [3.05, 3.63) is 59.9 Å². The minimum absolute atomic E-state index is 0.211. The van der Waals surface area contributed by atoms with Crippen LogP contribution in [0.4, 0.5) is 5.69 Å². The van der Waals surface area contributed by atoms with Gasteiger partial charge in [0.1, 0.15) is 5.69 Å². The van der Waals surface area contributed by atoms with Crippen molar-refractivity contribution in [3.8, 4) is 0 Å². The quantitative estimate of drug-likeness (QED) is 0.838. The average Bonchev–Trinajstić information content (AvgIpc) is 2.83. The summed E-state index contributed by atoms with van der Waals surface area (Å²) in [6, 6.07) is 10.5. The monoisotopic (exact) mass is 270 g/mol. The van der Waals surface area contributed by atoms with E-state index in [0.29, 0.717) is 16.9 Å². The zero-order valence-corrected chi connectivity index (χ0v) is 10.9. The highest BCUT2D eigenvalue weighted by Gasteiger charge is 2.08. The van der Waals surface area contributed by atoms with Gasteiger partial charge in [0, 0.05) is 25.0 Å². The average molecular weight is 270 g/mol. The molecule has 5 heteroatoms. The van der Waals surface area contributed by atoms with E-state index in [0.717, 1.165) is 6.08 Å². The molecule has 1 aromatic heterocycles. The minimum atomic E-state index is -1.01. The number of nitrogens with one attached hydrogen (secondary N) is 1. The first-order valence-electron chi connectivity index (χ1n) is 6.00. The Bertz CT molecular complexity index is 671. The van der Waals surface area contributed by atoms with Crippen LogP contribution in [0.2, 0.25) is 0 Å². The zero-order valence-electron chi connectivity index (χ0n) is 10.9. The Labute approximate surface area is 116 Å². The summed E-state index contributed by atoms with van der Waals surface area (Å²) in [6.07, 6.45) is 4.32. The van der Waals surface area contributed by atoms with Crippen LogP contribution < -0.4 is 5.32 Å². The highest BCUT2D eigenvalue weighted by molar-refractivity contribution is 6.03. The van der Waals surface area contributed by atoms with Gasteiger partial charge in [-0.15, -0.1) is 0 Å². The molecule has 1 heterocycles. The lowest BCUT2D eigenvalue weighted by atomic mass is 10.2. The van der Waals surface area contributed by atoms with Crippen molar-refractivity contribution in [2.24, 2.45) is 7.05 Å². The molecule has 2 rings (SSSR count). The number of carboxylic acid groups (broad SMARTS) is 1. The van der Waals surface area contributed by atoms with Crippen LogP contribution in [0.15, 0.2) is 48.7 Å². The Morgan fingerprint density at radius 3 is 2.70 bits per heavy atom. The number of rotatable bonds is 4. The normalized spacial score (nSPS) is 10.7. The zero-order chi connectivity index (χ0) is 14.5. The Kier molecular flexibility index (Phi) is 4.00. The van der Waals surface area contributed by atoms with Crippen molar-refractivity contribution in [3.63, 3.8) is 0 Å². The Morgan fingerprint density at radius 2 is 2.05 bits per heavy atom. The second-order valence-corrected chi connectivity index (χ2v) is 4.26. The molecule has 1 aromatic carbocycles. The van der Waals surface area contributed by atoms with Gasteiger partial charge in [-0.3, -0.25) is 4.79 Å². The van der Waals surface area contributed by atoms with E-state index < -0.39 is 5.97 Å². The van der Waals surface area contributed by atoms with E-state index in [4.69, 9.17) is 5.11 Å². The van der Waals surface area contributed by atoms with Crippen LogP contribution in [0.5, 0.6) is 0 Å². The van der Waals surface area contributed by atoms with E-state index >= 15 is 0 Å². The Balaban J connectivity index is 2.14. The number of nitrogens with zero attached hydrogens (tertiary/aromatic N) is 1. The molecule has 102 valence electrons. The number of hydrogen-bond donors (Lipinski definition) is 2.